The topological polar surface area (TPSA) is 55.1 Å². The molecule has 0 spiro atoms. The summed E-state index contributed by atoms with van der Waals surface area (Å²) < 4.78 is 0. The van der Waals surface area contributed by atoms with E-state index in [9.17, 15) is 4.79 Å². The minimum Gasteiger partial charge on any atom is -0.370 e. The van der Waals surface area contributed by atoms with Crippen molar-refractivity contribution in [3.8, 4) is 10.4 Å². The van der Waals surface area contributed by atoms with Gasteiger partial charge in [0.25, 0.3) is 0 Å². The second-order valence-corrected chi connectivity index (χ2v) is 5.90. The molecule has 3 nitrogen and oxygen atoms in total. The van der Waals surface area contributed by atoms with Crippen LogP contribution >= 0.6 is 11.3 Å². The lowest BCUT2D eigenvalue weighted by atomic mass is 10.2. The van der Waals surface area contributed by atoms with Crippen molar-refractivity contribution in [2.75, 3.05) is 6.54 Å². The van der Waals surface area contributed by atoms with E-state index in [1.807, 2.05) is 17.4 Å². The third-order valence-corrected chi connectivity index (χ3v) is 4.18. The van der Waals surface area contributed by atoms with Crippen molar-refractivity contribution < 1.29 is 4.79 Å². The number of benzene rings is 1. The van der Waals surface area contributed by atoms with Crippen LogP contribution < -0.4 is 11.1 Å². The molecule has 0 fully saturated rings. The summed E-state index contributed by atoms with van der Waals surface area (Å²) in [7, 11) is 0. The fourth-order valence-electron chi connectivity index (χ4n) is 1.99. The zero-order valence-electron chi connectivity index (χ0n) is 11.5. The third kappa shape index (κ3) is 4.79. The second kappa shape index (κ2) is 7.82. The van der Waals surface area contributed by atoms with Gasteiger partial charge in [-0.3, -0.25) is 4.79 Å². The van der Waals surface area contributed by atoms with E-state index in [0.717, 1.165) is 25.9 Å². The van der Waals surface area contributed by atoms with Crippen LogP contribution in [0.3, 0.4) is 0 Å². The van der Waals surface area contributed by atoms with Crippen LogP contribution in [0.5, 0.6) is 0 Å². The molecule has 0 aliphatic heterocycles. The van der Waals surface area contributed by atoms with E-state index in [0.29, 0.717) is 6.42 Å². The van der Waals surface area contributed by atoms with Gasteiger partial charge in [-0.05, 0) is 37.1 Å². The van der Waals surface area contributed by atoms with E-state index >= 15 is 0 Å². The summed E-state index contributed by atoms with van der Waals surface area (Å²) in [6.45, 7) is 1.81. The monoisotopic (exact) mass is 288 g/mol. The smallest absolute Gasteiger partial charge is 0.217 e. The van der Waals surface area contributed by atoms with Gasteiger partial charge in [0, 0.05) is 22.7 Å². The maximum atomic E-state index is 10.6. The first-order chi connectivity index (χ1) is 9.75. The highest BCUT2D eigenvalue weighted by Gasteiger charge is 2.02. The molecule has 1 aromatic carbocycles. The zero-order chi connectivity index (χ0) is 14.2. The maximum absolute atomic E-state index is 10.6. The van der Waals surface area contributed by atoms with Gasteiger partial charge in [0.05, 0.1) is 0 Å². The van der Waals surface area contributed by atoms with Gasteiger partial charge in [0.15, 0.2) is 0 Å². The third-order valence-electron chi connectivity index (χ3n) is 3.05. The maximum Gasteiger partial charge on any atom is 0.217 e. The molecule has 0 radical (unpaired) electrons. The fraction of sp³-hybridized carbons (Fsp3) is 0.312. The van der Waals surface area contributed by atoms with Crippen LogP contribution in [0, 0.1) is 0 Å². The number of carbonyl (C=O) groups excluding carboxylic acids is 1. The quantitative estimate of drug-likeness (QED) is 0.733. The highest BCUT2D eigenvalue weighted by atomic mass is 32.1. The molecule has 0 atom stereocenters. The van der Waals surface area contributed by atoms with E-state index in [2.05, 4.69) is 41.7 Å². The number of nitrogens with two attached hydrogens (primary N) is 1. The molecule has 0 saturated carbocycles. The number of hydrogen-bond acceptors (Lipinski definition) is 3. The molecule has 0 bridgehead atoms. The van der Waals surface area contributed by atoms with Crippen molar-refractivity contribution in [1.29, 1.82) is 0 Å². The van der Waals surface area contributed by atoms with Gasteiger partial charge in [0.2, 0.25) is 5.91 Å². The Balaban J connectivity index is 1.72. The average molecular weight is 288 g/mol. The predicted octanol–water partition coefficient (Wildman–Crippen LogP) is 3.16. The standard InChI is InChI=1S/C16H20N2OS/c17-16(19)8-4-5-11-18-12-14-9-10-15(20-14)13-6-2-1-3-7-13/h1-3,6-7,9-10,18H,4-5,8,11-12H2,(H2,17,19). The molecule has 0 aliphatic rings. The molecule has 0 aliphatic carbocycles. The van der Waals surface area contributed by atoms with Gasteiger partial charge < -0.3 is 11.1 Å². The molecule has 20 heavy (non-hydrogen) atoms. The van der Waals surface area contributed by atoms with E-state index in [-0.39, 0.29) is 5.91 Å². The Kier molecular flexibility index (Phi) is 5.77. The van der Waals surface area contributed by atoms with Crippen molar-refractivity contribution in [2.45, 2.75) is 25.8 Å². The van der Waals surface area contributed by atoms with Crippen molar-refractivity contribution >= 4 is 17.2 Å². The molecule has 3 N–H and O–H groups in total. The number of nitrogens with one attached hydrogen (secondary N) is 1. The lowest BCUT2D eigenvalue weighted by Gasteiger charge is -2.02. The predicted molar refractivity (Wildman–Crippen MR) is 84.5 cm³/mol. The van der Waals surface area contributed by atoms with E-state index in [1.165, 1.54) is 15.3 Å². The average Bonchev–Trinajstić information content (AvgIpc) is 2.92. The molecule has 2 rings (SSSR count). The summed E-state index contributed by atoms with van der Waals surface area (Å²) in [6.07, 6.45) is 2.33. The van der Waals surface area contributed by atoms with E-state index < -0.39 is 0 Å². The van der Waals surface area contributed by atoms with Crippen LogP contribution in [0.2, 0.25) is 0 Å². The summed E-state index contributed by atoms with van der Waals surface area (Å²) in [5.74, 6) is -0.212. The van der Waals surface area contributed by atoms with Crippen molar-refractivity contribution in [1.82, 2.24) is 5.32 Å². The molecule has 0 unspecified atom stereocenters. The molecule has 1 aromatic heterocycles. The van der Waals surface area contributed by atoms with E-state index in [1.54, 1.807) is 0 Å². The Hall–Kier alpha value is -1.65. The molecular formula is C16H20N2OS. The molecule has 1 amide bonds. The van der Waals surface area contributed by atoms with Crippen molar-refractivity contribution in [3.05, 3.63) is 47.3 Å². The molecule has 1 heterocycles. The Bertz CT molecular complexity index is 536. The first kappa shape index (κ1) is 14.8. The highest BCUT2D eigenvalue weighted by molar-refractivity contribution is 7.15. The summed E-state index contributed by atoms with van der Waals surface area (Å²) in [5.41, 5.74) is 6.37. The van der Waals surface area contributed by atoms with Gasteiger partial charge >= 0.3 is 0 Å². The van der Waals surface area contributed by atoms with Crippen LogP contribution in [0.25, 0.3) is 10.4 Å². The molecular weight excluding hydrogens is 268 g/mol. The Morgan fingerprint density at radius 1 is 1.10 bits per heavy atom. The number of carbonyl (C=O) groups is 1. The first-order valence-electron chi connectivity index (χ1n) is 6.89. The van der Waals surface area contributed by atoms with Crippen LogP contribution in [0.15, 0.2) is 42.5 Å². The summed E-state index contributed by atoms with van der Waals surface area (Å²) in [4.78, 5) is 13.2. The minimum absolute atomic E-state index is 0.212. The molecule has 2 aromatic rings. The largest absolute Gasteiger partial charge is 0.370 e. The van der Waals surface area contributed by atoms with Crippen molar-refractivity contribution in [2.24, 2.45) is 5.73 Å². The number of rotatable bonds is 8. The molecule has 4 heteroatoms. The normalized spacial score (nSPS) is 10.6. The van der Waals surface area contributed by atoms with Gasteiger partial charge in [0.1, 0.15) is 0 Å². The van der Waals surface area contributed by atoms with Crippen LogP contribution in [-0.4, -0.2) is 12.5 Å². The lowest BCUT2D eigenvalue weighted by molar-refractivity contribution is -0.118. The minimum atomic E-state index is -0.212. The SMILES string of the molecule is NC(=O)CCCCNCc1ccc(-c2ccccc2)s1. The van der Waals surface area contributed by atoms with Crippen molar-refractivity contribution in [3.63, 3.8) is 0 Å². The summed E-state index contributed by atoms with van der Waals surface area (Å²) in [6, 6.07) is 14.8. The van der Waals surface area contributed by atoms with E-state index in [4.69, 9.17) is 5.73 Å². The number of thiophene rings is 1. The Labute approximate surface area is 123 Å². The summed E-state index contributed by atoms with van der Waals surface area (Å²) in [5, 5.41) is 3.40. The van der Waals surface area contributed by atoms with Crippen LogP contribution in [0.4, 0.5) is 0 Å². The summed E-state index contributed by atoms with van der Waals surface area (Å²) >= 11 is 1.82. The van der Waals surface area contributed by atoms with Crippen LogP contribution in [-0.2, 0) is 11.3 Å². The Morgan fingerprint density at radius 2 is 1.90 bits per heavy atom. The number of primary amides is 1. The van der Waals surface area contributed by atoms with Crippen LogP contribution in [0.1, 0.15) is 24.1 Å². The number of unbranched alkanes of at least 4 members (excludes halogenated alkanes) is 1. The van der Waals surface area contributed by atoms with Gasteiger partial charge in [-0.15, -0.1) is 11.3 Å². The zero-order valence-corrected chi connectivity index (χ0v) is 12.3. The van der Waals surface area contributed by atoms with Gasteiger partial charge in [-0.2, -0.15) is 0 Å². The number of hydrogen-bond donors (Lipinski definition) is 2. The van der Waals surface area contributed by atoms with Gasteiger partial charge in [-0.25, -0.2) is 0 Å². The molecule has 106 valence electrons. The lowest BCUT2D eigenvalue weighted by Crippen LogP contribution is -2.15. The number of amides is 1. The Morgan fingerprint density at radius 3 is 2.65 bits per heavy atom. The first-order valence-corrected chi connectivity index (χ1v) is 7.70. The fourth-order valence-corrected chi connectivity index (χ4v) is 2.97. The highest BCUT2D eigenvalue weighted by Crippen LogP contribution is 2.27. The molecule has 0 saturated heterocycles. The second-order valence-electron chi connectivity index (χ2n) is 4.73. The van der Waals surface area contributed by atoms with Gasteiger partial charge in [-0.1, -0.05) is 30.3 Å².